The monoisotopic (exact) mass is 390 g/mol. The quantitative estimate of drug-likeness (QED) is 0.747. The van der Waals surface area contributed by atoms with Crippen molar-refractivity contribution in [3.8, 4) is 5.75 Å². The molecule has 1 saturated carbocycles. The molecule has 1 heterocycles. The number of fused-ring (bicyclic) bond motifs is 1. The normalized spacial score (nSPS) is 24.9. The minimum absolute atomic E-state index is 0.0202. The van der Waals surface area contributed by atoms with Crippen LogP contribution >= 0.6 is 0 Å². The smallest absolute Gasteiger partial charge is 0.317 e. The zero-order valence-corrected chi connectivity index (χ0v) is 16.8. The molecule has 7 nitrogen and oxygen atoms in total. The molecule has 1 aromatic carbocycles. The summed E-state index contributed by atoms with van der Waals surface area (Å²) in [7, 11) is 1.61. The first-order chi connectivity index (χ1) is 13.4. The number of amides is 2. The van der Waals surface area contributed by atoms with Crippen LogP contribution in [0.25, 0.3) is 0 Å². The molecule has 2 aliphatic rings. The van der Waals surface area contributed by atoms with Crippen LogP contribution in [0.2, 0.25) is 0 Å². The van der Waals surface area contributed by atoms with Gasteiger partial charge in [0.1, 0.15) is 11.9 Å². The second-order valence-electron chi connectivity index (χ2n) is 8.03. The molecule has 1 aromatic rings. The summed E-state index contributed by atoms with van der Waals surface area (Å²) in [5.74, 6) is -0.0176. The van der Waals surface area contributed by atoms with Crippen molar-refractivity contribution in [2.75, 3.05) is 26.7 Å². The number of carbonyl (C=O) groups is 2. The largest absolute Gasteiger partial charge is 0.496 e. The van der Waals surface area contributed by atoms with Gasteiger partial charge in [0.25, 0.3) is 0 Å². The molecule has 2 fully saturated rings. The number of carbonyl (C=O) groups excluding carboxylic acids is 1. The van der Waals surface area contributed by atoms with Gasteiger partial charge in [-0.1, -0.05) is 24.6 Å². The molecule has 1 saturated heterocycles. The van der Waals surface area contributed by atoms with Gasteiger partial charge in [0, 0.05) is 25.2 Å². The van der Waals surface area contributed by atoms with Crippen LogP contribution in [0, 0.1) is 11.3 Å². The molecule has 3 rings (SSSR count). The molecule has 1 aliphatic carbocycles. The lowest BCUT2D eigenvalue weighted by Crippen LogP contribution is -2.43. The van der Waals surface area contributed by atoms with Gasteiger partial charge in [-0.3, -0.25) is 4.79 Å². The number of ether oxygens (including phenoxy) is 2. The minimum atomic E-state index is -0.777. The number of hydrogen-bond acceptors (Lipinski definition) is 4. The molecule has 0 spiro atoms. The maximum absolute atomic E-state index is 12.8. The van der Waals surface area contributed by atoms with Gasteiger partial charge in [0.2, 0.25) is 0 Å². The van der Waals surface area contributed by atoms with Crippen molar-refractivity contribution in [2.45, 2.75) is 45.3 Å². The lowest BCUT2D eigenvalue weighted by Gasteiger charge is -2.26. The maximum Gasteiger partial charge on any atom is 0.317 e. The Morgan fingerprint density at radius 1 is 1.36 bits per heavy atom. The number of para-hydroxylation sites is 1. The van der Waals surface area contributed by atoms with E-state index in [2.05, 4.69) is 5.32 Å². The summed E-state index contributed by atoms with van der Waals surface area (Å²) < 4.78 is 11.5. The van der Waals surface area contributed by atoms with Crippen molar-refractivity contribution in [2.24, 2.45) is 11.3 Å². The third kappa shape index (κ3) is 3.94. The van der Waals surface area contributed by atoms with Gasteiger partial charge >= 0.3 is 12.0 Å². The summed E-state index contributed by atoms with van der Waals surface area (Å²) in [4.78, 5) is 26.2. The number of rotatable bonds is 7. The Labute approximate surface area is 166 Å². The third-order valence-corrected chi connectivity index (χ3v) is 5.94. The molecule has 2 amide bonds. The molecule has 1 unspecified atom stereocenters. The van der Waals surface area contributed by atoms with Crippen molar-refractivity contribution in [1.82, 2.24) is 10.2 Å². The van der Waals surface area contributed by atoms with Crippen LogP contribution in [0.1, 0.15) is 44.8 Å². The van der Waals surface area contributed by atoms with Gasteiger partial charge < -0.3 is 24.8 Å². The summed E-state index contributed by atoms with van der Waals surface area (Å²) >= 11 is 0. The van der Waals surface area contributed by atoms with Crippen molar-refractivity contribution < 1.29 is 24.2 Å². The summed E-state index contributed by atoms with van der Waals surface area (Å²) in [6.07, 6.45) is 2.07. The fraction of sp³-hybridized carbons (Fsp3) is 0.619. The second-order valence-corrected chi connectivity index (χ2v) is 8.03. The molecule has 2 N–H and O–H groups in total. The third-order valence-electron chi connectivity index (χ3n) is 5.94. The summed E-state index contributed by atoms with van der Waals surface area (Å²) in [6.45, 7) is 4.97. The van der Waals surface area contributed by atoms with Crippen molar-refractivity contribution in [1.29, 1.82) is 0 Å². The minimum Gasteiger partial charge on any atom is -0.496 e. The van der Waals surface area contributed by atoms with Gasteiger partial charge in [-0.25, -0.2) is 4.79 Å². The first-order valence-electron chi connectivity index (χ1n) is 9.92. The van der Waals surface area contributed by atoms with Crippen LogP contribution in [-0.4, -0.2) is 54.9 Å². The van der Waals surface area contributed by atoms with Gasteiger partial charge in [-0.2, -0.15) is 0 Å². The van der Waals surface area contributed by atoms with E-state index in [1.54, 1.807) is 12.0 Å². The van der Waals surface area contributed by atoms with Crippen LogP contribution in [0.4, 0.5) is 4.79 Å². The van der Waals surface area contributed by atoms with E-state index in [-0.39, 0.29) is 30.7 Å². The molecule has 0 bridgehead atoms. The highest BCUT2D eigenvalue weighted by Crippen LogP contribution is 2.48. The molecule has 3 atom stereocenters. The van der Waals surface area contributed by atoms with Crippen LogP contribution < -0.4 is 10.1 Å². The first kappa shape index (κ1) is 20.5. The molecule has 28 heavy (non-hydrogen) atoms. The van der Waals surface area contributed by atoms with Crippen LogP contribution in [0.3, 0.4) is 0 Å². The van der Waals surface area contributed by atoms with Crippen LogP contribution in [-0.2, 0) is 9.53 Å². The molecule has 0 radical (unpaired) electrons. The first-order valence-corrected chi connectivity index (χ1v) is 9.92. The number of carboxylic acids is 1. The highest BCUT2D eigenvalue weighted by molar-refractivity contribution is 5.80. The van der Waals surface area contributed by atoms with E-state index in [1.807, 2.05) is 38.1 Å². The zero-order valence-electron chi connectivity index (χ0n) is 16.8. The number of nitrogens with one attached hydrogen (secondary N) is 1. The molecular formula is C21H30N2O5. The number of carboxylic acid groups (broad SMARTS) is 1. The number of hydrogen-bond donors (Lipinski definition) is 2. The summed E-state index contributed by atoms with van der Waals surface area (Å²) in [6, 6.07) is 7.36. The highest BCUT2D eigenvalue weighted by atomic mass is 16.5. The Morgan fingerprint density at radius 2 is 2.11 bits per heavy atom. The molecule has 7 heteroatoms. The lowest BCUT2D eigenvalue weighted by atomic mass is 9.81. The Balaban J connectivity index is 1.67. The number of methoxy groups -OCH3 is 1. The Morgan fingerprint density at radius 3 is 2.75 bits per heavy atom. The summed E-state index contributed by atoms with van der Waals surface area (Å²) in [5.41, 5.74) is 0.104. The van der Waals surface area contributed by atoms with Crippen molar-refractivity contribution in [3.05, 3.63) is 29.8 Å². The van der Waals surface area contributed by atoms with Gasteiger partial charge in [-0.05, 0) is 38.7 Å². The average Bonchev–Trinajstić information content (AvgIpc) is 3.23. The average molecular weight is 390 g/mol. The van der Waals surface area contributed by atoms with Gasteiger partial charge in [-0.15, -0.1) is 0 Å². The topological polar surface area (TPSA) is 88.1 Å². The number of benzene rings is 1. The van der Waals surface area contributed by atoms with E-state index in [1.165, 1.54) is 0 Å². The van der Waals surface area contributed by atoms with E-state index in [4.69, 9.17) is 9.47 Å². The second kappa shape index (κ2) is 8.39. The molecule has 0 aromatic heterocycles. The van der Waals surface area contributed by atoms with Gasteiger partial charge in [0.05, 0.1) is 18.6 Å². The number of likely N-dealkylation sites (tertiary alicyclic amines) is 1. The Hall–Kier alpha value is -2.28. The predicted octanol–water partition coefficient (Wildman–Crippen LogP) is 3.06. The predicted molar refractivity (Wildman–Crippen MR) is 104 cm³/mol. The van der Waals surface area contributed by atoms with E-state index >= 15 is 0 Å². The standard InChI is InChI=1S/C21H30N2O5/c1-14(2)28-18(16-8-4-5-9-17(16)27-3)11-22-20(26)23-12-15-7-6-10-21(15,13-23)19(24)25/h4-5,8-9,14-15,18H,6-7,10-13H2,1-3H3,(H,22,26)(H,24,25)/t15-,18?,21+/m0/s1. The zero-order chi connectivity index (χ0) is 20.3. The fourth-order valence-corrected chi connectivity index (χ4v) is 4.58. The summed E-state index contributed by atoms with van der Waals surface area (Å²) in [5, 5.41) is 12.6. The number of urea groups is 1. The van der Waals surface area contributed by atoms with Crippen LogP contribution in [0.5, 0.6) is 5.75 Å². The van der Waals surface area contributed by atoms with Crippen molar-refractivity contribution in [3.63, 3.8) is 0 Å². The molecule has 1 aliphatic heterocycles. The van der Waals surface area contributed by atoms with E-state index in [0.717, 1.165) is 18.4 Å². The lowest BCUT2D eigenvalue weighted by molar-refractivity contribution is -0.149. The highest BCUT2D eigenvalue weighted by Gasteiger charge is 2.55. The van der Waals surface area contributed by atoms with Crippen LogP contribution in [0.15, 0.2) is 24.3 Å². The number of nitrogens with zero attached hydrogens (tertiary/aromatic N) is 1. The molecular weight excluding hydrogens is 360 g/mol. The Kier molecular flexibility index (Phi) is 6.13. The van der Waals surface area contributed by atoms with Crippen molar-refractivity contribution >= 4 is 12.0 Å². The molecule has 154 valence electrons. The number of aliphatic carboxylic acids is 1. The van der Waals surface area contributed by atoms with Gasteiger partial charge in [0.15, 0.2) is 0 Å². The Bertz CT molecular complexity index is 723. The fourth-order valence-electron chi connectivity index (χ4n) is 4.58. The van der Waals surface area contributed by atoms with E-state index in [0.29, 0.717) is 25.3 Å². The maximum atomic E-state index is 12.8. The van der Waals surface area contributed by atoms with E-state index < -0.39 is 11.4 Å². The SMILES string of the molecule is COc1ccccc1C(CNC(=O)N1C[C@@H]2CCC[C@@]2(C(=O)O)C1)OC(C)C. The van der Waals surface area contributed by atoms with E-state index in [9.17, 15) is 14.7 Å².